The van der Waals surface area contributed by atoms with Crippen LogP contribution >= 0.6 is 0 Å². The third-order valence-electron chi connectivity index (χ3n) is 3.01. The number of nitrogens with zero attached hydrogens (tertiary/aromatic N) is 1. The Morgan fingerprint density at radius 3 is 2.46 bits per heavy atom. The summed E-state index contributed by atoms with van der Waals surface area (Å²) in [5.74, 6) is -2.76. The van der Waals surface area contributed by atoms with Crippen LogP contribution in [0.3, 0.4) is 0 Å². The van der Waals surface area contributed by atoms with Gasteiger partial charge in [-0.2, -0.15) is 13.2 Å². The van der Waals surface area contributed by atoms with Gasteiger partial charge in [0.2, 0.25) is 0 Å². The van der Waals surface area contributed by atoms with Crippen molar-refractivity contribution in [1.29, 1.82) is 0 Å². The second kappa shape index (κ2) is 6.57. The fourth-order valence-electron chi connectivity index (χ4n) is 1.90. The van der Waals surface area contributed by atoms with E-state index in [1.54, 1.807) is 0 Å². The van der Waals surface area contributed by atoms with Crippen LogP contribution < -0.4 is 5.32 Å². The van der Waals surface area contributed by atoms with Gasteiger partial charge in [0.25, 0.3) is 5.91 Å². The van der Waals surface area contributed by atoms with Gasteiger partial charge >= 0.3 is 12.1 Å². The number of carboxylic acids is 1. The SMILES string of the molecule is O=C(O)CNC(=O)c1ncc(-c2cccc(C(F)(F)F)c2)cc1O. The van der Waals surface area contributed by atoms with E-state index in [-0.39, 0.29) is 11.1 Å². The highest BCUT2D eigenvalue weighted by Gasteiger charge is 2.30. The molecule has 0 bridgehead atoms. The third-order valence-corrected chi connectivity index (χ3v) is 3.01. The number of aromatic hydroxyl groups is 1. The molecule has 9 heteroatoms. The molecule has 24 heavy (non-hydrogen) atoms. The van der Waals surface area contributed by atoms with Crippen LogP contribution in [0, 0.1) is 0 Å². The fraction of sp³-hybridized carbons (Fsp3) is 0.133. The number of rotatable bonds is 4. The van der Waals surface area contributed by atoms with Crippen molar-refractivity contribution >= 4 is 11.9 Å². The highest BCUT2D eigenvalue weighted by atomic mass is 19.4. The molecule has 2 aromatic rings. The molecule has 0 radical (unpaired) electrons. The van der Waals surface area contributed by atoms with E-state index in [2.05, 4.69) is 4.98 Å². The van der Waals surface area contributed by atoms with Crippen molar-refractivity contribution in [2.75, 3.05) is 6.54 Å². The number of aliphatic carboxylic acids is 1. The maximum atomic E-state index is 12.7. The van der Waals surface area contributed by atoms with Crippen molar-refractivity contribution in [2.45, 2.75) is 6.18 Å². The van der Waals surface area contributed by atoms with E-state index < -0.39 is 41.6 Å². The van der Waals surface area contributed by atoms with Crippen molar-refractivity contribution in [2.24, 2.45) is 0 Å². The number of nitrogens with one attached hydrogen (secondary N) is 1. The Bertz CT molecular complexity index is 791. The lowest BCUT2D eigenvalue weighted by atomic mass is 10.0. The Balaban J connectivity index is 2.30. The molecule has 1 aromatic heterocycles. The van der Waals surface area contributed by atoms with Gasteiger partial charge in [0.15, 0.2) is 5.69 Å². The first-order valence-corrected chi connectivity index (χ1v) is 6.55. The lowest BCUT2D eigenvalue weighted by molar-refractivity contribution is -0.137. The molecule has 0 fully saturated rings. The molecule has 2 rings (SSSR count). The molecule has 126 valence electrons. The van der Waals surface area contributed by atoms with Crippen LogP contribution in [0.4, 0.5) is 13.2 Å². The number of carbonyl (C=O) groups excluding carboxylic acids is 1. The van der Waals surface area contributed by atoms with E-state index in [0.29, 0.717) is 0 Å². The number of benzene rings is 1. The molecule has 1 aromatic carbocycles. The van der Waals surface area contributed by atoms with Gasteiger partial charge in [0.1, 0.15) is 12.3 Å². The fourth-order valence-corrected chi connectivity index (χ4v) is 1.90. The summed E-state index contributed by atoms with van der Waals surface area (Å²) in [6.45, 7) is -0.657. The Morgan fingerprint density at radius 2 is 1.88 bits per heavy atom. The van der Waals surface area contributed by atoms with E-state index in [1.165, 1.54) is 12.1 Å². The van der Waals surface area contributed by atoms with Crippen LogP contribution in [0.1, 0.15) is 16.1 Å². The first-order chi connectivity index (χ1) is 11.2. The minimum Gasteiger partial charge on any atom is -0.505 e. The number of hydrogen-bond acceptors (Lipinski definition) is 4. The van der Waals surface area contributed by atoms with Gasteiger partial charge in [-0.25, -0.2) is 4.98 Å². The van der Waals surface area contributed by atoms with Crippen LogP contribution in [-0.2, 0) is 11.0 Å². The van der Waals surface area contributed by atoms with Gasteiger partial charge in [0.05, 0.1) is 5.56 Å². The first kappa shape index (κ1) is 17.3. The molecule has 0 aliphatic heterocycles. The standard InChI is InChI=1S/C15H11F3N2O4/c16-15(17,18)10-3-1-2-8(4-10)9-5-11(21)13(19-6-9)14(24)20-7-12(22)23/h1-6,21H,7H2,(H,20,24)(H,22,23). The quantitative estimate of drug-likeness (QED) is 0.793. The molecule has 3 N–H and O–H groups in total. The summed E-state index contributed by atoms with van der Waals surface area (Å²) in [6.07, 6.45) is -3.40. The molecule has 0 aliphatic carbocycles. The monoisotopic (exact) mass is 340 g/mol. The second-order valence-electron chi connectivity index (χ2n) is 4.75. The minimum absolute atomic E-state index is 0.158. The molecule has 0 saturated carbocycles. The lowest BCUT2D eigenvalue weighted by Crippen LogP contribution is -2.29. The van der Waals surface area contributed by atoms with Crippen molar-refractivity contribution in [3.8, 4) is 16.9 Å². The van der Waals surface area contributed by atoms with Crippen molar-refractivity contribution < 1.29 is 33.0 Å². The Hall–Kier alpha value is -3.10. The Morgan fingerprint density at radius 1 is 1.17 bits per heavy atom. The van der Waals surface area contributed by atoms with Gasteiger partial charge in [0, 0.05) is 11.8 Å². The Labute approximate surface area is 133 Å². The smallest absolute Gasteiger partial charge is 0.416 e. The highest BCUT2D eigenvalue weighted by molar-refractivity contribution is 5.96. The summed E-state index contributed by atoms with van der Waals surface area (Å²) in [4.78, 5) is 25.7. The predicted molar refractivity (Wildman–Crippen MR) is 76.3 cm³/mol. The second-order valence-corrected chi connectivity index (χ2v) is 4.75. The number of carbonyl (C=O) groups is 2. The first-order valence-electron chi connectivity index (χ1n) is 6.55. The van der Waals surface area contributed by atoms with Gasteiger partial charge < -0.3 is 15.5 Å². The molecule has 1 amide bonds. The largest absolute Gasteiger partial charge is 0.505 e. The number of aromatic nitrogens is 1. The summed E-state index contributed by atoms with van der Waals surface area (Å²) < 4.78 is 38.2. The molecular formula is C15H11F3N2O4. The van der Waals surface area contributed by atoms with Crippen LogP contribution in [0.15, 0.2) is 36.5 Å². The maximum Gasteiger partial charge on any atom is 0.416 e. The van der Waals surface area contributed by atoms with E-state index in [0.717, 1.165) is 24.4 Å². The van der Waals surface area contributed by atoms with Crippen LogP contribution in [0.2, 0.25) is 0 Å². The molecule has 0 saturated heterocycles. The lowest BCUT2D eigenvalue weighted by Gasteiger charge is -2.10. The van der Waals surface area contributed by atoms with Crippen molar-refractivity contribution in [3.05, 3.63) is 47.8 Å². The van der Waals surface area contributed by atoms with E-state index in [1.807, 2.05) is 5.32 Å². The number of alkyl halides is 3. The van der Waals surface area contributed by atoms with E-state index in [9.17, 15) is 27.9 Å². The summed E-state index contributed by atoms with van der Waals surface area (Å²) in [6, 6.07) is 5.49. The predicted octanol–water partition coefficient (Wildman–Crippen LogP) is 2.29. The van der Waals surface area contributed by atoms with Gasteiger partial charge in [-0.15, -0.1) is 0 Å². The number of pyridine rings is 1. The van der Waals surface area contributed by atoms with E-state index in [4.69, 9.17) is 5.11 Å². The minimum atomic E-state index is -4.51. The molecule has 0 spiro atoms. The summed E-state index contributed by atoms with van der Waals surface area (Å²) in [5.41, 5.74) is -0.951. The normalized spacial score (nSPS) is 11.1. The van der Waals surface area contributed by atoms with Gasteiger partial charge in [-0.05, 0) is 23.8 Å². The number of halogens is 3. The summed E-state index contributed by atoms with van der Waals surface area (Å²) >= 11 is 0. The van der Waals surface area contributed by atoms with Crippen LogP contribution in [0.25, 0.3) is 11.1 Å². The van der Waals surface area contributed by atoms with E-state index >= 15 is 0 Å². The van der Waals surface area contributed by atoms with Gasteiger partial charge in [-0.3, -0.25) is 9.59 Å². The average molecular weight is 340 g/mol. The molecule has 1 heterocycles. The summed E-state index contributed by atoms with van der Waals surface area (Å²) in [7, 11) is 0. The highest BCUT2D eigenvalue weighted by Crippen LogP contribution is 2.33. The number of carboxylic acid groups (broad SMARTS) is 1. The molecule has 6 nitrogen and oxygen atoms in total. The van der Waals surface area contributed by atoms with Crippen molar-refractivity contribution in [3.63, 3.8) is 0 Å². The molecular weight excluding hydrogens is 329 g/mol. The molecule has 0 unspecified atom stereocenters. The number of hydrogen-bond donors (Lipinski definition) is 3. The average Bonchev–Trinajstić information content (AvgIpc) is 2.51. The van der Waals surface area contributed by atoms with Crippen LogP contribution in [0.5, 0.6) is 5.75 Å². The van der Waals surface area contributed by atoms with Crippen LogP contribution in [-0.4, -0.2) is 33.6 Å². The molecule has 0 aliphatic rings. The Kier molecular flexibility index (Phi) is 4.72. The summed E-state index contributed by atoms with van der Waals surface area (Å²) in [5, 5.41) is 20.3. The zero-order valence-corrected chi connectivity index (χ0v) is 12.0. The zero-order chi connectivity index (χ0) is 17.9. The van der Waals surface area contributed by atoms with Crippen molar-refractivity contribution in [1.82, 2.24) is 10.3 Å². The topological polar surface area (TPSA) is 99.5 Å². The number of amides is 1. The third kappa shape index (κ3) is 4.00. The van der Waals surface area contributed by atoms with Gasteiger partial charge in [-0.1, -0.05) is 12.1 Å². The zero-order valence-electron chi connectivity index (χ0n) is 12.0. The molecule has 0 atom stereocenters. The maximum absolute atomic E-state index is 12.7.